The second-order valence-corrected chi connectivity index (χ2v) is 4.37. The number of pyridine rings is 1. The Kier molecular flexibility index (Phi) is 4.63. The van der Waals surface area contributed by atoms with E-state index < -0.39 is 12.5 Å². The van der Waals surface area contributed by atoms with Crippen molar-refractivity contribution in [3.8, 4) is 5.75 Å². The summed E-state index contributed by atoms with van der Waals surface area (Å²) in [7, 11) is 1.81. The topological polar surface area (TPSA) is 34.1 Å². The number of nitrogens with one attached hydrogen (secondary N) is 1. The number of hydrogen-bond acceptors (Lipinski definition) is 3. The lowest BCUT2D eigenvalue weighted by molar-refractivity contribution is -0.0468. The molecule has 0 amide bonds. The van der Waals surface area contributed by atoms with E-state index in [1.165, 1.54) is 18.3 Å². The molecule has 106 valence electrons. The molecular formula is C15H16F2N2O. The van der Waals surface area contributed by atoms with Gasteiger partial charge in [-0.2, -0.15) is 8.78 Å². The van der Waals surface area contributed by atoms with Crippen LogP contribution in [-0.2, 0) is 12.5 Å². The van der Waals surface area contributed by atoms with Gasteiger partial charge in [0.25, 0.3) is 0 Å². The van der Waals surface area contributed by atoms with E-state index in [2.05, 4.69) is 10.3 Å². The predicted molar refractivity (Wildman–Crippen MR) is 72.8 cm³/mol. The number of halogens is 2. The van der Waals surface area contributed by atoms with Gasteiger partial charge in [0.15, 0.2) is 6.61 Å². The highest BCUT2D eigenvalue weighted by molar-refractivity contribution is 5.22. The van der Waals surface area contributed by atoms with Crippen LogP contribution in [0.4, 0.5) is 8.78 Å². The van der Waals surface area contributed by atoms with Crippen molar-refractivity contribution in [3.63, 3.8) is 0 Å². The molecule has 2 rings (SSSR count). The van der Waals surface area contributed by atoms with Gasteiger partial charge in [0.05, 0.1) is 11.9 Å². The third-order valence-corrected chi connectivity index (χ3v) is 2.77. The molecule has 0 bridgehead atoms. The van der Waals surface area contributed by atoms with Gasteiger partial charge < -0.3 is 10.1 Å². The smallest absolute Gasteiger partial charge is 0.306 e. The Labute approximate surface area is 116 Å². The minimum atomic E-state index is -3.02. The minimum Gasteiger partial charge on any atom is -0.485 e. The first-order valence-electron chi connectivity index (χ1n) is 6.27. The maximum absolute atomic E-state index is 13.9. The Balaban J connectivity index is 1.97. The van der Waals surface area contributed by atoms with E-state index in [1.54, 1.807) is 30.3 Å². The Morgan fingerprint density at radius 1 is 1.15 bits per heavy atom. The molecule has 1 N–H and O–H groups in total. The van der Waals surface area contributed by atoms with Crippen LogP contribution in [0.15, 0.2) is 48.7 Å². The standard InChI is InChI=1S/C15H16F2N2O/c1-18-9-13-7-8-14(10-19-13)20-11-15(16,17)12-5-3-2-4-6-12/h2-8,10,18H,9,11H2,1H3. The summed E-state index contributed by atoms with van der Waals surface area (Å²) in [6.45, 7) is -0.0788. The first-order valence-corrected chi connectivity index (χ1v) is 6.27. The normalized spacial score (nSPS) is 11.3. The van der Waals surface area contributed by atoms with Gasteiger partial charge in [0.1, 0.15) is 5.75 Å². The predicted octanol–water partition coefficient (Wildman–Crippen LogP) is 2.97. The van der Waals surface area contributed by atoms with Crippen LogP contribution in [-0.4, -0.2) is 18.6 Å². The number of alkyl halides is 2. The highest BCUT2D eigenvalue weighted by Gasteiger charge is 2.32. The molecule has 0 unspecified atom stereocenters. The third-order valence-electron chi connectivity index (χ3n) is 2.77. The maximum atomic E-state index is 13.9. The Morgan fingerprint density at radius 3 is 2.50 bits per heavy atom. The molecule has 0 aliphatic heterocycles. The molecule has 0 saturated heterocycles. The number of ether oxygens (including phenoxy) is 1. The van der Waals surface area contributed by atoms with Crippen molar-refractivity contribution in [1.82, 2.24) is 10.3 Å². The molecule has 0 aliphatic rings. The molecule has 1 aromatic carbocycles. The number of rotatable bonds is 6. The Morgan fingerprint density at radius 2 is 1.90 bits per heavy atom. The van der Waals surface area contributed by atoms with E-state index in [0.717, 1.165) is 5.69 Å². The number of hydrogen-bond donors (Lipinski definition) is 1. The van der Waals surface area contributed by atoms with Gasteiger partial charge in [-0.1, -0.05) is 30.3 Å². The van der Waals surface area contributed by atoms with Crippen LogP contribution in [0.3, 0.4) is 0 Å². The van der Waals surface area contributed by atoms with E-state index in [1.807, 2.05) is 7.05 Å². The first-order chi connectivity index (χ1) is 9.62. The Hall–Kier alpha value is -2.01. The van der Waals surface area contributed by atoms with E-state index in [-0.39, 0.29) is 5.56 Å². The fourth-order valence-corrected chi connectivity index (χ4v) is 1.72. The van der Waals surface area contributed by atoms with Crippen LogP contribution in [0.25, 0.3) is 0 Å². The fourth-order valence-electron chi connectivity index (χ4n) is 1.72. The molecule has 5 heteroatoms. The van der Waals surface area contributed by atoms with Crippen LogP contribution in [0, 0.1) is 0 Å². The fraction of sp³-hybridized carbons (Fsp3) is 0.267. The zero-order chi connectivity index (χ0) is 14.4. The van der Waals surface area contributed by atoms with Crippen molar-refractivity contribution in [2.45, 2.75) is 12.5 Å². The number of benzene rings is 1. The van der Waals surface area contributed by atoms with Crippen molar-refractivity contribution in [2.75, 3.05) is 13.7 Å². The summed E-state index contributed by atoms with van der Waals surface area (Å²) < 4.78 is 32.9. The van der Waals surface area contributed by atoms with Crippen LogP contribution in [0.1, 0.15) is 11.3 Å². The summed E-state index contributed by atoms with van der Waals surface area (Å²) in [5, 5.41) is 2.96. The van der Waals surface area contributed by atoms with Crippen LogP contribution in [0.2, 0.25) is 0 Å². The quantitative estimate of drug-likeness (QED) is 0.882. The van der Waals surface area contributed by atoms with Crippen LogP contribution < -0.4 is 10.1 Å². The van der Waals surface area contributed by atoms with Gasteiger partial charge in [-0.3, -0.25) is 4.98 Å². The Bertz CT molecular complexity index is 529. The second kappa shape index (κ2) is 6.43. The molecule has 3 nitrogen and oxygen atoms in total. The molecule has 0 fully saturated rings. The van der Waals surface area contributed by atoms with Gasteiger partial charge >= 0.3 is 5.92 Å². The average Bonchev–Trinajstić information content (AvgIpc) is 2.48. The van der Waals surface area contributed by atoms with Gasteiger partial charge in [0, 0.05) is 12.1 Å². The molecule has 2 aromatic rings. The van der Waals surface area contributed by atoms with Gasteiger partial charge in [-0.25, -0.2) is 0 Å². The molecule has 0 radical (unpaired) electrons. The molecule has 1 aromatic heterocycles. The van der Waals surface area contributed by atoms with Gasteiger partial charge in [-0.05, 0) is 19.2 Å². The second-order valence-electron chi connectivity index (χ2n) is 4.37. The lowest BCUT2D eigenvalue weighted by Gasteiger charge is -2.17. The maximum Gasteiger partial charge on any atom is 0.306 e. The van der Waals surface area contributed by atoms with Crippen molar-refractivity contribution >= 4 is 0 Å². The van der Waals surface area contributed by atoms with Crippen molar-refractivity contribution in [3.05, 3.63) is 59.9 Å². The van der Waals surface area contributed by atoms with Crippen molar-refractivity contribution < 1.29 is 13.5 Å². The largest absolute Gasteiger partial charge is 0.485 e. The molecular weight excluding hydrogens is 262 g/mol. The van der Waals surface area contributed by atoms with Crippen LogP contribution >= 0.6 is 0 Å². The molecule has 1 heterocycles. The summed E-state index contributed by atoms with van der Waals surface area (Å²) in [5.74, 6) is -2.69. The lowest BCUT2D eigenvalue weighted by atomic mass is 10.1. The van der Waals surface area contributed by atoms with Gasteiger partial charge in [-0.15, -0.1) is 0 Å². The average molecular weight is 278 g/mol. The zero-order valence-electron chi connectivity index (χ0n) is 11.1. The lowest BCUT2D eigenvalue weighted by Crippen LogP contribution is -2.23. The van der Waals surface area contributed by atoms with Crippen molar-refractivity contribution in [2.24, 2.45) is 0 Å². The highest BCUT2D eigenvalue weighted by atomic mass is 19.3. The SMILES string of the molecule is CNCc1ccc(OCC(F)(F)c2ccccc2)cn1. The van der Waals surface area contributed by atoms with E-state index in [0.29, 0.717) is 12.3 Å². The first kappa shape index (κ1) is 14.4. The molecule has 20 heavy (non-hydrogen) atoms. The summed E-state index contributed by atoms with van der Waals surface area (Å²) in [6.07, 6.45) is 1.45. The zero-order valence-corrected chi connectivity index (χ0v) is 11.1. The monoisotopic (exact) mass is 278 g/mol. The summed E-state index contributed by atoms with van der Waals surface area (Å²) in [6, 6.07) is 11.0. The molecule has 0 aliphatic carbocycles. The number of nitrogens with zero attached hydrogens (tertiary/aromatic N) is 1. The van der Waals surface area contributed by atoms with E-state index >= 15 is 0 Å². The molecule has 0 spiro atoms. The minimum absolute atomic E-state index is 0.0558. The van der Waals surface area contributed by atoms with Crippen molar-refractivity contribution in [1.29, 1.82) is 0 Å². The molecule has 0 saturated carbocycles. The summed E-state index contributed by atoms with van der Waals surface area (Å²) in [4.78, 5) is 4.11. The highest BCUT2D eigenvalue weighted by Crippen LogP contribution is 2.28. The number of aromatic nitrogens is 1. The summed E-state index contributed by atoms with van der Waals surface area (Å²) in [5.41, 5.74) is 0.773. The van der Waals surface area contributed by atoms with Crippen LogP contribution in [0.5, 0.6) is 5.75 Å². The van der Waals surface area contributed by atoms with E-state index in [9.17, 15) is 8.78 Å². The van der Waals surface area contributed by atoms with Gasteiger partial charge in [0.2, 0.25) is 0 Å². The summed E-state index contributed by atoms with van der Waals surface area (Å²) >= 11 is 0. The third kappa shape index (κ3) is 3.74. The molecule has 0 atom stereocenters. The van der Waals surface area contributed by atoms with E-state index in [4.69, 9.17) is 4.74 Å².